The van der Waals surface area contributed by atoms with E-state index in [4.69, 9.17) is 0 Å². The van der Waals surface area contributed by atoms with Gasteiger partial charge in [-0.2, -0.15) is 4.31 Å². The molecule has 0 atom stereocenters. The molecule has 0 spiro atoms. The monoisotopic (exact) mass is 295 g/mol. The molecule has 6 nitrogen and oxygen atoms in total. The number of hydrogen-bond acceptors (Lipinski definition) is 5. The van der Waals surface area contributed by atoms with Crippen LogP contribution in [0.5, 0.6) is 0 Å². The fraction of sp³-hybridized carbons (Fsp3) is 0.385. The zero-order valence-electron chi connectivity index (χ0n) is 11.7. The SMILES string of the molecule is CCN(Cc1nonc1C)S(=O)(=O)c1ccc(C)cc1. The Balaban J connectivity index is 2.30. The van der Waals surface area contributed by atoms with Crippen LogP contribution >= 0.6 is 0 Å². The van der Waals surface area contributed by atoms with Crippen LogP contribution in [0, 0.1) is 13.8 Å². The molecule has 108 valence electrons. The van der Waals surface area contributed by atoms with Crippen LogP contribution in [0.3, 0.4) is 0 Å². The van der Waals surface area contributed by atoms with E-state index in [1.54, 1.807) is 38.1 Å². The molecule has 0 amide bonds. The van der Waals surface area contributed by atoms with Crippen LogP contribution in [-0.2, 0) is 16.6 Å². The van der Waals surface area contributed by atoms with E-state index in [9.17, 15) is 8.42 Å². The third kappa shape index (κ3) is 2.88. The van der Waals surface area contributed by atoms with Crippen molar-refractivity contribution in [3.05, 3.63) is 41.2 Å². The molecule has 0 saturated carbocycles. The fourth-order valence-corrected chi connectivity index (χ4v) is 3.20. The highest BCUT2D eigenvalue weighted by Gasteiger charge is 2.24. The Hall–Kier alpha value is -1.73. The predicted molar refractivity (Wildman–Crippen MR) is 73.5 cm³/mol. The lowest BCUT2D eigenvalue weighted by Gasteiger charge is -2.19. The Morgan fingerprint density at radius 3 is 2.30 bits per heavy atom. The van der Waals surface area contributed by atoms with Gasteiger partial charge in [0.05, 0.1) is 11.4 Å². The van der Waals surface area contributed by atoms with Crippen LogP contribution in [0.25, 0.3) is 0 Å². The fourth-order valence-electron chi connectivity index (χ4n) is 1.79. The molecule has 2 aromatic rings. The summed E-state index contributed by atoms with van der Waals surface area (Å²) in [6.45, 7) is 5.94. The molecular weight excluding hydrogens is 278 g/mol. The Morgan fingerprint density at radius 1 is 1.15 bits per heavy atom. The number of nitrogens with zero attached hydrogens (tertiary/aromatic N) is 3. The molecule has 0 aliphatic heterocycles. The van der Waals surface area contributed by atoms with Gasteiger partial charge in [0.25, 0.3) is 0 Å². The first-order valence-electron chi connectivity index (χ1n) is 6.30. The van der Waals surface area contributed by atoms with Gasteiger partial charge in [0.15, 0.2) is 0 Å². The topological polar surface area (TPSA) is 76.3 Å². The Bertz CT molecular complexity index is 677. The van der Waals surface area contributed by atoms with E-state index in [2.05, 4.69) is 14.9 Å². The summed E-state index contributed by atoms with van der Waals surface area (Å²) >= 11 is 0. The van der Waals surface area contributed by atoms with E-state index in [0.29, 0.717) is 17.9 Å². The molecule has 0 unspecified atom stereocenters. The lowest BCUT2D eigenvalue weighted by Crippen LogP contribution is -2.30. The second-order valence-corrected chi connectivity index (χ2v) is 6.48. The number of sulfonamides is 1. The number of hydrogen-bond donors (Lipinski definition) is 0. The second kappa shape index (κ2) is 5.72. The van der Waals surface area contributed by atoms with Gasteiger partial charge >= 0.3 is 0 Å². The summed E-state index contributed by atoms with van der Waals surface area (Å²) in [6.07, 6.45) is 0. The number of aromatic nitrogens is 2. The van der Waals surface area contributed by atoms with Gasteiger partial charge in [0.1, 0.15) is 11.4 Å². The maximum atomic E-state index is 12.6. The van der Waals surface area contributed by atoms with Gasteiger partial charge in [0, 0.05) is 6.54 Å². The van der Waals surface area contributed by atoms with Crippen molar-refractivity contribution < 1.29 is 13.0 Å². The van der Waals surface area contributed by atoms with E-state index in [-0.39, 0.29) is 11.4 Å². The van der Waals surface area contributed by atoms with Crippen molar-refractivity contribution >= 4 is 10.0 Å². The summed E-state index contributed by atoms with van der Waals surface area (Å²) in [5, 5.41) is 7.40. The van der Waals surface area contributed by atoms with Gasteiger partial charge in [-0.1, -0.05) is 34.9 Å². The molecule has 0 aliphatic carbocycles. The molecule has 0 bridgehead atoms. The minimum Gasteiger partial charge on any atom is -0.244 e. The van der Waals surface area contributed by atoms with E-state index in [1.807, 2.05) is 6.92 Å². The first kappa shape index (κ1) is 14.7. The normalized spacial score (nSPS) is 12.0. The van der Waals surface area contributed by atoms with Crippen LogP contribution in [-0.4, -0.2) is 29.6 Å². The van der Waals surface area contributed by atoms with E-state index in [0.717, 1.165) is 5.56 Å². The highest BCUT2D eigenvalue weighted by Crippen LogP contribution is 2.18. The highest BCUT2D eigenvalue weighted by molar-refractivity contribution is 7.89. The first-order chi connectivity index (χ1) is 9.45. The Kier molecular flexibility index (Phi) is 4.20. The van der Waals surface area contributed by atoms with E-state index in [1.165, 1.54) is 4.31 Å². The van der Waals surface area contributed by atoms with Crippen molar-refractivity contribution in [1.82, 2.24) is 14.6 Å². The quantitative estimate of drug-likeness (QED) is 0.842. The molecule has 0 saturated heterocycles. The maximum Gasteiger partial charge on any atom is 0.243 e. The van der Waals surface area contributed by atoms with Gasteiger partial charge < -0.3 is 0 Å². The predicted octanol–water partition coefficient (Wildman–Crippen LogP) is 1.90. The minimum atomic E-state index is -3.54. The van der Waals surface area contributed by atoms with Crippen LogP contribution in [0.2, 0.25) is 0 Å². The minimum absolute atomic E-state index is 0.155. The van der Waals surface area contributed by atoms with Gasteiger partial charge in [0.2, 0.25) is 10.0 Å². The third-order valence-electron chi connectivity index (χ3n) is 3.08. The van der Waals surface area contributed by atoms with Crippen LogP contribution in [0.1, 0.15) is 23.9 Å². The number of aryl methyl sites for hydroxylation is 2. The molecule has 1 aromatic carbocycles. The van der Waals surface area contributed by atoms with Gasteiger partial charge in [-0.3, -0.25) is 0 Å². The molecule has 7 heteroatoms. The average Bonchev–Trinajstić information content (AvgIpc) is 2.81. The largest absolute Gasteiger partial charge is 0.244 e. The third-order valence-corrected chi connectivity index (χ3v) is 5.02. The van der Waals surface area contributed by atoms with Crippen LogP contribution < -0.4 is 0 Å². The summed E-state index contributed by atoms with van der Waals surface area (Å²) in [4.78, 5) is 0.277. The highest BCUT2D eigenvalue weighted by atomic mass is 32.2. The number of benzene rings is 1. The number of rotatable bonds is 5. The lowest BCUT2D eigenvalue weighted by molar-refractivity contribution is 0.296. The molecule has 0 radical (unpaired) electrons. The van der Waals surface area contributed by atoms with E-state index < -0.39 is 10.0 Å². The first-order valence-corrected chi connectivity index (χ1v) is 7.74. The molecular formula is C13H17N3O3S. The van der Waals surface area contributed by atoms with Crippen molar-refractivity contribution in [2.24, 2.45) is 0 Å². The Morgan fingerprint density at radius 2 is 1.80 bits per heavy atom. The smallest absolute Gasteiger partial charge is 0.243 e. The van der Waals surface area contributed by atoms with Crippen LogP contribution in [0.15, 0.2) is 33.8 Å². The lowest BCUT2D eigenvalue weighted by atomic mass is 10.2. The summed E-state index contributed by atoms with van der Waals surface area (Å²) in [7, 11) is -3.54. The molecule has 1 heterocycles. The van der Waals surface area contributed by atoms with Crippen molar-refractivity contribution in [1.29, 1.82) is 0 Å². The zero-order valence-corrected chi connectivity index (χ0v) is 12.5. The molecule has 0 N–H and O–H groups in total. The summed E-state index contributed by atoms with van der Waals surface area (Å²) in [6, 6.07) is 6.79. The summed E-state index contributed by atoms with van der Waals surface area (Å²) < 4.78 is 31.1. The zero-order chi connectivity index (χ0) is 14.8. The van der Waals surface area contributed by atoms with Crippen molar-refractivity contribution in [3.63, 3.8) is 0 Å². The summed E-state index contributed by atoms with van der Waals surface area (Å²) in [5.41, 5.74) is 2.15. The molecule has 0 aliphatic rings. The molecule has 1 aromatic heterocycles. The van der Waals surface area contributed by atoms with Gasteiger partial charge in [-0.25, -0.2) is 13.0 Å². The van der Waals surface area contributed by atoms with Crippen molar-refractivity contribution in [2.45, 2.75) is 32.2 Å². The maximum absolute atomic E-state index is 12.6. The van der Waals surface area contributed by atoms with Gasteiger partial charge in [-0.05, 0) is 26.0 Å². The van der Waals surface area contributed by atoms with Gasteiger partial charge in [-0.15, -0.1) is 0 Å². The standard InChI is InChI=1S/C13H17N3O3S/c1-4-16(9-13-11(3)14-19-15-13)20(17,18)12-7-5-10(2)6-8-12/h5-8H,4,9H2,1-3H3. The Labute approximate surface area is 118 Å². The van der Waals surface area contributed by atoms with Crippen molar-refractivity contribution in [2.75, 3.05) is 6.54 Å². The van der Waals surface area contributed by atoms with Crippen LogP contribution in [0.4, 0.5) is 0 Å². The molecule has 2 rings (SSSR count). The van der Waals surface area contributed by atoms with Crippen molar-refractivity contribution in [3.8, 4) is 0 Å². The summed E-state index contributed by atoms with van der Waals surface area (Å²) in [5.74, 6) is 0. The molecule has 0 fully saturated rings. The van der Waals surface area contributed by atoms with E-state index >= 15 is 0 Å². The second-order valence-electron chi connectivity index (χ2n) is 4.54. The average molecular weight is 295 g/mol. The molecule has 20 heavy (non-hydrogen) atoms.